The van der Waals surface area contributed by atoms with Gasteiger partial charge in [-0.15, -0.1) is 0 Å². The lowest BCUT2D eigenvalue weighted by molar-refractivity contribution is 0.0160. The van der Waals surface area contributed by atoms with Gasteiger partial charge in [-0.2, -0.15) is 0 Å². The first-order valence-electron chi connectivity index (χ1n) is 7.63. The minimum atomic E-state index is -0.0528. The Morgan fingerprint density at radius 3 is 2.43 bits per heavy atom. The van der Waals surface area contributed by atoms with E-state index in [-0.39, 0.29) is 5.75 Å². The van der Waals surface area contributed by atoms with E-state index in [4.69, 9.17) is 16.3 Å². The Hall–Kier alpha value is -1.82. The molecule has 1 fully saturated rings. The number of anilines is 1. The number of ether oxygens (including phenoxy) is 1. The van der Waals surface area contributed by atoms with Gasteiger partial charge in [0.15, 0.2) is 5.75 Å². The van der Waals surface area contributed by atoms with Crippen molar-refractivity contribution in [1.29, 1.82) is 0 Å². The van der Waals surface area contributed by atoms with E-state index in [1.54, 1.807) is 12.1 Å². The molecule has 0 spiro atoms. The summed E-state index contributed by atoms with van der Waals surface area (Å²) in [4.78, 5) is 8.65. The topological polar surface area (TPSA) is 48.5 Å². The van der Waals surface area contributed by atoms with Crippen LogP contribution in [0.1, 0.15) is 5.56 Å². The van der Waals surface area contributed by atoms with Gasteiger partial charge in [-0.25, -0.2) is 4.98 Å². The van der Waals surface area contributed by atoms with Crippen molar-refractivity contribution >= 4 is 17.4 Å². The lowest BCUT2D eigenvalue weighted by Crippen LogP contribution is -2.47. The molecule has 1 aliphatic heterocycles. The molecule has 0 saturated carbocycles. The summed E-state index contributed by atoms with van der Waals surface area (Å²) < 4.78 is 5.76. The first-order valence-corrected chi connectivity index (χ1v) is 8.01. The summed E-state index contributed by atoms with van der Waals surface area (Å²) in [5, 5.41) is 11.8. The predicted octanol–water partition coefficient (Wildman–Crippen LogP) is 3.18. The molecule has 1 aliphatic rings. The quantitative estimate of drug-likeness (QED) is 0.843. The highest BCUT2D eigenvalue weighted by Gasteiger charge is 2.17. The maximum atomic E-state index is 11.1. The average Bonchev–Trinajstić information content (AvgIpc) is 2.58. The Morgan fingerprint density at radius 2 is 1.78 bits per heavy atom. The smallest absolute Gasteiger partial charge is 0.197 e. The summed E-state index contributed by atoms with van der Waals surface area (Å²) in [5.74, 6) is 0.814. The number of pyridine rings is 1. The number of nitrogens with zero attached hydrogens (tertiary/aromatic N) is 3. The van der Waals surface area contributed by atoms with E-state index < -0.39 is 0 Å². The molecule has 2 heterocycles. The minimum absolute atomic E-state index is 0.0528. The van der Waals surface area contributed by atoms with Crippen LogP contribution >= 0.6 is 11.6 Å². The van der Waals surface area contributed by atoms with E-state index in [9.17, 15) is 5.11 Å². The Balaban J connectivity index is 1.40. The van der Waals surface area contributed by atoms with Crippen LogP contribution in [0.25, 0.3) is 0 Å². The van der Waals surface area contributed by atoms with Gasteiger partial charge in [0.1, 0.15) is 5.82 Å². The molecule has 2 aromatic rings. The maximum Gasteiger partial charge on any atom is 0.197 e. The van der Waals surface area contributed by atoms with Gasteiger partial charge in [0.2, 0.25) is 0 Å². The first kappa shape index (κ1) is 16.1. The second-order valence-corrected chi connectivity index (χ2v) is 6.00. The van der Waals surface area contributed by atoms with Crippen LogP contribution in [0.2, 0.25) is 5.02 Å². The number of hydrogen-bond donors (Lipinski definition) is 0. The number of hydrogen-bond acceptors (Lipinski definition) is 4. The van der Waals surface area contributed by atoms with Crippen molar-refractivity contribution in [3.63, 3.8) is 0 Å². The number of halogens is 1. The first-order chi connectivity index (χ1) is 11.2. The molecule has 0 bridgehead atoms. The fourth-order valence-corrected chi connectivity index (χ4v) is 2.66. The summed E-state index contributed by atoms with van der Waals surface area (Å²) >= 11 is 5.86. The van der Waals surface area contributed by atoms with E-state index in [2.05, 4.69) is 14.8 Å². The van der Waals surface area contributed by atoms with Gasteiger partial charge in [0, 0.05) is 31.2 Å². The number of benzene rings is 1. The van der Waals surface area contributed by atoms with Crippen molar-refractivity contribution in [2.45, 2.75) is 6.61 Å². The molecule has 5 nitrogen and oxygen atoms in total. The monoisotopic (exact) mass is 332 g/mol. The van der Waals surface area contributed by atoms with Crippen molar-refractivity contribution in [1.82, 2.24) is 9.88 Å². The molecular formula is C17H19ClN3O2. The highest BCUT2D eigenvalue weighted by molar-refractivity contribution is 6.30. The third kappa shape index (κ3) is 4.58. The summed E-state index contributed by atoms with van der Waals surface area (Å²) in [5.41, 5.74) is 1.12. The van der Waals surface area contributed by atoms with Crippen LogP contribution in [0.3, 0.4) is 0 Å². The van der Waals surface area contributed by atoms with E-state index in [1.807, 2.05) is 24.3 Å². The van der Waals surface area contributed by atoms with Crippen LogP contribution in [0.5, 0.6) is 5.75 Å². The summed E-state index contributed by atoms with van der Waals surface area (Å²) in [6, 6.07) is 11.1. The van der Waals surface area contributed by atoms with Crippen molar-refractivity contribution in [3.8, 4) is 5.75 Å². The van der Waals surface area contributed by atoms with E-state index in [1.165, 1.54) is 6.20 Å². The SMILES string of the molecule is [O]c1ccc(N2CCN(COCc3ccc(Cl)cc3)CC2)nc1. The summed E-state index contributed by atoms with van der Waals surface area (Å²) in [6.45, 7) is 4.81. The van der Waals surface area contributed by atoms with E-state index >= 15 is 0 Å². The van der Waals surface area contributed by atoms with Crippen LogP contribution in [0.4, 0.5) is 5.82 Å². The molecule has 1 saturated heterocycles. The molecule has 121 valence electrons. The zero-order valence-electron chi connectivity index (χ0n) is 12.8. The highest BCUT2D eigenvalue weighted by atomic mass is 35.5. The van der Waals surface area contributed by atoms with Crippen molar-refractivity contribution < 1.29 is 9.84 Å². The van der Waals surface area contributed by atoms with Crippen LogP contribution in [-0.2, 0) is 16.5 Å². The zero-order chi connectivity index (χ0) is 16.1. The second-order valence-electron chi connectivity index (χ2n) is 5.56. The third-order valence-electron chi connectivity index (χ3n) is 3.87. The van der Waals surface area contributed by atoms with Crippen LogP contribution in [0.15, 0.2) is 42.6 Å². The van der Waals surface area contributed by atoms with Gasteiger partial charge < -0.3 is 9.64 Å². The Labute approximate surface area is 141 Å². The van der Waals surface area contributed by atoms with Crippen LogP contribution in [0, 0.1) is 0 Å². The van der Waals surface area contributed by atoms with Gasteiger partial charge in [0.25, 0.3) is 0 Å². The molecule has 6 heteroatoms. The predicted molar refractivity (Wildman–Crippen MR) is 89.3 cm³/mol. The van der Waals surface area contributed by atoms with Gasteiger partial charge in [-0.3, -0.25) is 10.0 Å². The Morgan fingerprint density at radius 1 is 1.04 bits per heavy atom. The van der Waals surface area contributed by atoms with Gasteiger partial charge in [-0.05, 0) is 29.8 Å². The van der Waals surface area contributed by atoms with Gasteiger partial charge >= 0.3 is 0 Å². The van der Waals surface area contributed by atoms with Crippen molar-refractivity contribution in [2.24, 2.45) is 0 Å². The Bertz CT molecular complexity index is 608. The van der Waals surface area contributed by atoms with Crippen LogP contribution < -0.4 is 4.90 Å². The lowest BCUT2D eigenvalue weighted by Gasteiger charge is -2.35. The van der Waals surface area contributed by atoms with Crippen molar-refractivity contribution in [3.05, 3.63) is 53.2 Å². The molecule has 0 amide bonds. The van der Waals surface area contributed by atoms with Crippen molar-refractivity contribution in [2.75, 3.05) is 37.8 Å². The van der Waals surface area contributed by atoms with E-state index in [0.717, 1.165) is 42.6 Å². The summed E-state index contributed by atoms with van der Waals surface area (Å²) in [7, 11) is 0. The molecule has 0 atom stereocenters. The molecule has 1 aromatic carbocycles. The lowest BCUT2D eigenvalue weighted by atomic mass is 10.2. The molecule has 23 heavy (non-hydrogen) atoms. The second kappa shape index (κ2) is 7.64. The fraction of sp³-hybridized carbons (Fsp3) is 0.353. The molecule has 0 aliphatic carbocycles. The third-order valence-corrected chi connectivity index (χ3v) is 4.12. The number of rotatable bonds is 5. The standard InChI is InChI=1S/C17H19ClN3O2/c18-15-3-1-14(2-4-15)12-23-13-20-7-9-21(10-8-20)17-6-5-16(22)11-19-17/h1-6,11H,7-10,12-13H2. The molecule has 1 aromatic heterocycles. The number of piperazine rings is 1. The van der Waals surface area contributed by atoms with E-state index in [0.29, 0.717) is 13.3 Å². The molecule has 0 unspecified atom stereocenters. The van der Waals surface area contributed by atoms with Gasteiger partial charge in [0.05, 0.1) is 19.5 Å². The molecule has 0 N–H and O–H groups in total. The number of aromatic nitrogens is 1. The largest absolute Gasteiger partial charge is 0.361 e. The molecular weight excluding hydrogens is 314 g/mol. The van der Waals surface area contributed by atoms with Crippen LogP contribution in [-0.4, -0.2) is 42.8 Å². The highest BCUT2D eigenvalue weighted by Crippen LogP contribution is 2.17. The molecule has 3 rings (SSSR count). The normalized spacial score (nSPS) is 15.8. The maximum absolute atomic E-state index is 11.1. The average molecular weight is 333 g/mol. The molecule has 1 radical (unpaired) electrons. The Kier molecular flexibility index (Phi) is 5.33. The fourth-order valence-electron chi connectivity index (χ4n) is 2.54. The zero-order valence-corrected chi connectivity index (χ0v) is 13.6. The summed E-state index contributed by atoms with van der Waals surface area (Å²) in [6.07, 6.45) is 1.37. The minimum Gasteiger partial charge on any atom is -0.361 e. The van der Waals surface area contributed by atoms with Gasteiger partial charge in [-0.1, -0.05) is 23.7 Å².